The summed E-state index contributed by atoms with van der Waals surface area (Å²) < 4.78 is 17.1. The lowest BCUT2D eigenvalue weighted by Crippen LogP contribution is -2.54. The van der Waals surface area contributed by atoms with Crippen LogP contribution in [0.15, 0.2) is 42.5 Å². The second kappa shape index (κ2) is 14.2. The van der Waals surface area contributed by atoms with Gasteiger partial charge in [-0.2, -0.15) is 0 Å². The number of hydrazine groups is 1. The van der Waals surface area contributed by atoms with E-state index in [0.717, 1.165) is 31.4 Å². The molecule has 1 saturated carbocycles. The molecule has 12 heteroatoms. The third-order valence-corrected chi connectivity index (χ3v) is 9.28. The van der Waals surface area contributed by atoms with Gasteiger partial charge in [0.1, 0.15) is 11.9 Å². The van der Waals surface area contributed by atoms with E-state index in [9.17, 15) is 24.6 Å². The zero-order valence-corrected chi connectivity index (χ0v) is 25.3. The molecule has 3 heterocycles. The number of aromatic hydroxyl groups is 1. The number of anilines is 1. The largest absolute Gasteiger partial charge is 0.508 e. The molecule has 2 saturated heterocycles. The number of rotatable bonds is 11. The molecule has 12 nitrogen and oxygen atoms in total. The Hall–Kier alpha value is -3.71. The molecule has 45 heavy (non-hydrogen) atoms. The van der Waals surface area contributed by atoms with Gasteiger partial charge in [0, 0.05) is 56.0 Å². The molecular weight excluding hydrogens is 580 g/mol. The number of aliphatic hydroxyl groups is 1. The maximum absolute atomic E-state index is 13.5. The number of hydrogen-bond acceptors (Lipinski definition) is 9. The molecule has 6 atom stereocenters. The van der Waals surface area contributed by atoms with Gasteiger partial charge >= 0.3 is 6.09 Å². The summed E-state index contributed by atoms with van der Waals surface area (Å²) >= 11 is 0. The van der Waals surface area contributed by atoms with Crippen LogP contribution >= 0.6 is 0 Å². The van der Waals surface area contributed by atoms with Gasteiger partial charge in [0.05, 0.1) is 24.9 Å². The van der Waals surface area contributed by atoms with Gasteiger partial charge in [-0.05, 0) is 61.6 Å². The van der Waals surface area contributed by atoms with Gasteiger partial charge in [-0.3, -0.25) is 15.0 Å². The number of nitrogens with zero attached hydrogens (tertiary/aromatic N) is 1. The van der Waals surface area contributed by atoms with Crippen LogP contribution < -0.4 is 16.1 Å². The summed E-state index contributed by atoms with van der Waals surface area (Å²) in [4.78, 5) is 38.5. The summed E-state index contributed by atoms with van der Waals surface area (Å²) in [5.74, 6) is -0.191. The number of carbonyl (C=O) groups excluding carboxylic acids is 3. The molecular formula is C33H42N4O8. The van der Waals surface area contributed by atoms with Crippen LogP contribution in [0.3, 0.4) is 0 Å². The molecule has 6 rings (SSSR count). The van der Waals surface area contributed by atoms with E-state index in [0.29, 0.717) is 56.2 Å². The van der Waals surface area contributed by atoms with Crippen LogP contribution in [0.5, 0.6) is 5.75 Å². The lowest BCUT2D eigenvalue weighted by atomic mass is 9.99. The van der Waals surface area contributed by atoms with Gasteiger partial charge in [-0.15, -0.1) is 0 Å². The molecule has 3 amide bonds. The summed E-state index contributed by atoms with van der Waals surface area (Å²) in [5, 5.41) is 29.4. The highest BCUT2D eigenvalue weighted by molar-refractivity contribution is 5.99. The van der Waals surface area contributed by atoms with E-state index in [-0.39, 0.29) is 48.3 Å². The van der Waals surface area contributed by atoms with Gasteiger partial charge in [0.2, 0.25) is 5.91 Å². The summed E-state index contributed by atoms with van der Waals surface area (Å²) in [6.45, 7) is 2.31. The monoisotopic (exact) mass is 622 g/mol. The molecule has 1 aliphatic carbocycles. The number of nitrogens with one attached hydrogen (secondary N) is 3. The Bertz CT molecular complexity index is 1360. The molecule has 0 aromatic heterocycles. The number of benzene rings is 2. The normalized spacial score (nSPS) is 25.2. The lowest BCUT2D eigenvalue weighted by Gasteiger charge is -2.32. The minimum atomic E-state index is -1.08. The second-order valence-electron chi connectivity index (χ2n) is 12.6. The Morgan fingerprint density at radius 2 is 1.96 bits per heavy atom. The predicted molar refractivity (Wildman–Crippen MR) is 163 cm³/mol. The van der Waals surface area contributed by atoms with Crippen LogP contribution in [0.25, 0.3) is 0 Å². The van der Waals surface area contributed by atoms with Crippen molar-refractivity contribution < 1.29 is 38.8 Å². The first-order valence-corrected chi connectivity index (χ1v) is 15.9. The first-order chi connectivity index (χ1) is 21.8. The standard InChI is InChI=1S/C33H42N4O8/c38-28-15-23(14-26-25(28)6-7-31(40)34-26)32(41)36-37(17-21-8-10-43-19-21)18-29(39)27(12-20-4-2-1-3-5-20)35-33(42)45-24-13-22-9-11-44-30(22)16-24/h1-5,14-15,21-22,24,27,29-30,38-39H,6-13,16-19H2,(H,34,40)(H,35,42)(H,36,41)/t21?,22-,24+,27-,29+,30+/m0/s1. The van der Waals surface area contributed by atoms with Crippen LogP contribution in [0.4, 0.5) is 10.5 Å². The number of ether oxygens (including phenoxy) is 3. The van der Waals surface area contributed by atoms with Gasteiger partial charge in [-0.25, -0.2) is 9.80 Å². The Morgan fingerprint density at radius 3 is 2.73 bits per heavy atom. The fraction of sp³-hybridized carbons (Fsp3) is 0.545. The predicted octanol–water partition coefficient (Wildman–Crippen LogP) is 2.53. The number of phenols is 1. The summed E-state index contributed by atoms with van der Waals surface area (Å²) in [6.07, 6.45) is 2.48. The van der Waals surface area contributed by atoms with Gasteiger partial charge in [0.15, 0.2) is 0 Å². The number of carbonyl (C=O) groups is 3. The van der Waals surface area contributed by atoms with E-state index in [1.54, 1.807) is 11.1 Å². The van der Waals surface area contributed by atoms with Crippen molar-refractivity contribution in [3.05, 3.63) is 59.2 Å². The van der Waals surface area contributed by atoms with Crippen molar-refractivity contribution in [3.8, 4) is 5.75 Å². The maximum Gasteiger partial charge on any atom is 0.407 e. The number of fused-ring (bicyclic) bond motifs is 2. The third-order valence-electron chi connectivity index (χ3n) is 9.28. The second-order valence-corrected chi connectivity index (χ2v) is 12.6. The minimum Gasteiger partial charge on any atom is -0.508 e. The average molecular weight is 623 g/mol. The highest BCUT2D eigenvalue weighted by Gasteiger charge is 2.40. The first-order valence-electron chi connectivity index (χ1n) is 15.9. The fourth-order valence-corrected chi connectivity index (χ4v) is 6.88. The molecule has 0 spiro atoms. The fourth-order valence-electron chi connectivity index (χ4n) is 6.88. The van der Waals surface area contributed by atoms with E-state index < -0.39 is 24.1 Å². The Balaban J connectivity index is 1.15. The van der Waals surface area contributed by atoms with Crippen molar-refractivity contribution in [2.24, 2.45) is 11.8 Å². The van der Waals surface area contributed by atoms with Gasteiger partial charge in [-0.1, -0.05) is 30.3 Å². The molecule has 242 valence electrons. The zero-order chi connectivity index (χ0) is 31.3. The molecule has 0 radical (unpaired) electrons. The lowest BCUT2D eigenvalue weighted by molar-refractivity contribution is -0.116. The Morgan fingerprint density at radius 1 is 1.11 bits per heavy atom. The summed E-state index contributed by atoms with van der Waals surface area (Å²) in [7, 11) is 0. The van der Waals surface area contributed by atoms with Crippen LogP contribution in [-0.2, 0) is 31.8 Å². The van der Waals surface area contributed by atoms with Gasteiger partial charge in [0.25, 0.3) is 5.91 Å². The topological polar surface area (TPSA) is 159 Å². The maximum atomic E-state index is 13.5. The average Bonchev–Trinajstić information content (AvgIpc) is 3.76. The zero-order valence-electron chi connectivity index (χ0n) is 25.3. The van der Waals surface area contributed by atoms with E-state index in [1.165, 1.54) is 6.07 Å². The molecule has 2 aromatic rings. The smallest absolute Gasteiger partial charge is 0.407 e. The van der Waals surface area contributed by atoms with Crippen molar-refractivity contribution in [2.45, 2.75) is 69.3 Å². The Labute approximate surface area is 262 Å². The van der Waals surface area contributed by atoms with Crippen molar-refractivity contribution in [1.82, 2.24) is 15.8 Å². The molecule has 1 unspecified atom stereocenters. The third kappa shape index (κ3) is 7.93. The van der Waals surface area contributed by atoms with E-state index >= 15 is 0 Å². The molecule has 3 aliphatic heterocycles. The number of hydrogen-bond donors (Lipinski definition) is 5. The quantitative estimate of drug-likeness (QED) is 0.238. The first kappa shape index (κ1) is 31.3. The minimum absolute atomic E-state index is 0.00902. The van der Waals surface area contributed by atoms with Gasteiger partial charge < -0.3 is 35.1 Å². The van der Waals surface area contributed by atoms with E-state index in [4.69, 9.17) is 14.2 Å². The summed E-state index contributed by atoms with van der Waals surface area (Å²) in [6, 6.07) is 11.8. The van der Waals surface area contributed by atoms with Crippen LogP contribution in [0, 0.1) is 11.8 Å². The molecule has 4 aliphatic rings. The SMILES string of the molecule is O=C1CCc2c(O)cc(C(=O)NN(CC3CCOC3)C[C@@H](O)[C@H](Cc3ccccc3)NC(=O)O[C@@H]3C[C@@H]4CCO[C@@H]4C3)cc2N1. The van der Waals surface area contributed by atoms with Crippen molar-refractivity contribution in [2.75, 3.05) is 38.2 Å². The van der Waals surface area contributed by atoms with Crippen molar-refractivity contribution >= 4 is 23.6 Å². The number of aliphatic hydroxyl groups excluding tert-OH is 1. The molecule has 3 fully saturated rings. The van der Waals surface area contributed by atoms with Crippen LogP contribution in [0.1, 0.15) is 53.6 Å². The van der Waals surface area contributed by atoms with Crippen LogP contribution in [-0.4, -0.2) is 90.4 Å². The highest BCUT2D eigenvalue weighted by Crippen LogP contribution is 2.37. The summed E-state index contributed by atoms with van der Waals surface area (Å²) in [5.41, 5.74) is 4.99. The molecule has 2 aromatic carbocycles. The van der Waals surface area contributed by atoms with E-state index in [2.05, 4.69) is 16.1 Å². The highest BCUT2D eigenvalue weighted by atomic mass is 16.6. The Kier molecular flexibility index (Phi) is 9.84. The number of phenolic OH excluding ortho intramolecular Hbond substituents is 1. The number of amides is 3. The number of alkyl carbamates (subject to hydrolysis) is 1. The molecule has 5 N–H and O–H groups in total. The van der Waals surface area contributed by atoms with E-state index in [1.807, 2.05) is 30.3 Å². The van der Waals surface area contributed by atoms with Crippen LogP contribution in [0.2, 0.25) is 0 Å². The van der Waals surface area contributed by atoms with Crippen molar-refractivity contribution in [1.29, 1.82) is 0 Å². The van der Waals surface area contributed by atoms with Crippen molar-refractivity contribution in [3.63, 3.8) is 0 Å². The molecule has 0 bridgehead atoms.